The number of hydrogen-bond acceptors (Lipinski definition) is 4. The summed E-state index contributed by atoms with van der Waals surface area (Å²) in [6.45, 7) is 5.48. The van der Waals surface area contributed by atoms with Crippen LogP contribution in [0.4, 0.5) is 4.79 Å². The van der Waals surface area contributed by atoms with Gasteiger partial charge >= 0.3 is 6.09 Å². The molecule has 19 heavy (non-hydrogen) atoms. The molecular weight excluding hydrogens is 244 g/mol. The summed E-state index contributed by atoms with van der Waals surface area (Å²) in [4.78, 5) is 12.0. The molecule has 0 spiro atoms. The third-order valence-electron chi connectivity index (χ3n) is 2.51. The largest absolute Gasteiger partial charge is 0.443 e. The van der Waals surface area contributed by atoms with E-state index < -0.39 is 11.7 Å². The Bertz CT molecular complexity index is 636. The number of oxime groups is 1. The highest BCUT2D eigenvalue weighted by atomic mass is 16.6. The van der Waals surface area contributed by atoms with Gasteiger partial charge in [-0.05, 0) is 44.5 Å². The quantitative estimate of drug-likeness (QED) is 0.486. The fraction of sp³-hybridized carbons (Fsp3) is 0.286. The van der Waals surface area contributed by atoms with Gasteiger partial charge in [-0.3, -0.25) is 4.57 Å². The van der Waals surface area contributed by atoms with Crippen molar-refractivity contribution < 1.29 is 14.7 Å². The van der Waals surface area contributed by atoms with E-state index in [0.29, 0.717) is 0 Å². The second kappa shape index (κ2) is 4.76. The fourth-order valence-corrected chi connectivity index (χ4v) is 1.78. The molecule has 0 bridgehead atoms. The molecule has 0 aliphatic rings. The van der Waals surface area contributed by atoms with Crippen molar-refractivity contribution in [3.63, 3.8) is 0 Å². The average Bonchev–Trinajstić information content (AvgIpc) is 2.70. The Morgan fingerprint density at radius 1 is 1.37 bits per heavy atom. The molecular formula is C14H16N2O3. The van der Waals surface area contributed by atoms with Gasteiger partial charge in [0.15, 0.2) is 0 Å². The molecule has 0 fully saturated rings. The van der Waals surface area contributed by atoms with E-state index in [1.165, 1.54) is 10.8 Å². The van der Waals surface area contributed by atoms with E-state index in [1.807, 2.05) is 32.9 Å². The van der Waals surface area contributed by atoms with E-state index in [1.54, 1.807) is 18.3 Å². The molecule has 0 saturated heterocycles. The van der Waals surface area contributed by atoms with Crippen molar-refractivity contribution in [1.29, 1.82) is 0 Å². The minimum Gasteiger partial charge on any atom is -0.443 e. The Labute approximate surface area is 111 Å². The first kappa shape index (κ1) is 13.1. The van der Waals surface area contributed by atoms with E-state index >= 15 is 0 Å². The van der Waals surface area contributed by atoms with Crippen molar-refractivity contribution in [2.75, 3.05) is 0 Å². The summed E-state index contributed by atoms with van der Waals surface area (Å²) in [6, 6.07) is 7.20. The molecule has 0 aliphatic carbocycles. The van der Waals surface area contributed by atoms with Gasteiger partial charge in [0.2, 0.25) is 0 Å². The van der Waals surface area contributed by atoms with Crippen molar-refractivity contribution in [2.24, 2.45) is 5.16 Å². The van der Waals surface area contributed by atoms with Crippen LogP contribution >= 0.6 is 0 Å². The third-order valence-corrected chi connectivity index (χ3v) is 2.51. The topological polar surface area (TPSA) is 63.8 Å². The van der Waals surface area contributed by atoms with Crippen molar-refractivity contribution in [1.82, 2.24) is 4.57 Å². The highest BCUT2D eigenvalue weighted by Gasteiger charge is 2.18. The van der Waals surface area contributed by atoms with Crippen LogP contribution in [0.5, 0.6) is 0 Å². The minimum absolute atomic E-state index is 0.411. The lowest BCUT2D eigenvalue weighted by atomic mass is 10.2. The van der Waals surface area contributed by atoms with Crippen LogP contribution in [0.3, 0.4) is 0 Å². The molecule has 0 radical (unpaired) electrons. The Morgan fingerprint density at radius 2 is 2.11 bits per heavy atom. The molecule has 1 N–H and O–H groups in total. The summed E-state index contributed by atoms with van der Waals surface area (Å²) in [5.74, 6) is 0. The third kappa shape index (κ3) is 2.93. The standard InChI is InChI=1S/C14H16N2O3/c1-14(2,3)19-13(17)16-7-6-11-8-10(9-15-18)4-5-12(11)16/h4-9,18H,1-3H3. The van der Waals surface area contributed by atoms with Crippen molar-refractivity contribution in [3.8, 4) is 0 Å². The summed E-state index contributed by atoms with van der Waals surface area (Å²) in [5, 5.41) is 12.4. The summed E-state index contributed by atoms with van der Waals surface area (Å²) in [6.07, 6.45) is 2.59. The summed E-state index contributed by atoms with van der Waals surface area (Å²) in [7, 11) is 0. The minimum atomic E-state index is -0.531. The molecule has 100 valence electrons. The van der Waals surface area contributed by atoms with Crippen molar-refractivity contribution >= 4 is 23.2 Å². The fourth-order valence-electron chi connectivity index (χ4n) is 1.78. The van der Waals surface area contributed by atoms with Gasteiger partial charge in [-0.1, -0.05) is 11.2 Å². The van der Waals surface area contributed by atoms with Gasteiger partial charge in [0.1, 0.15) is 5.60 Å². The van der Waals surface area contributed by atoms with Crippen LogP contribution in [0.15, 0.2) is 35.6 Å². The normalized spacial score (nSPS) is 12.2. The van der Waals surface area contributed by atoms with Crippen molar-refractivity contribution in [3.05, 3.63) is 36.0 Å². The summed E-state index contributed by atoms with van der Waals surface area (Å²) >= 11 is 0. The van der Waals surface area contributed by atoms with E-state index in [-0.39, 0.29) is 0 Å². The van der Waals surface area contributed by atoms with Gasteiger partial charge in [-0.25, -0.2) is 4.79 Å². The zero-order valence-electron chi connectivity index (χ0n) is 11.1. The first-order valence-corrected chi connectivity index (χ1v) is 5.92. The number of benzene rings is 1. The molecule has 5 nitrogen and oxygen atoms in total. The SMILES string of the molecule is CC(C)(C)OC(=O)n1ccc2cc(C=NO)ccc21. The first-order chi connectivity index (χ1) is 8.90. The van der Waals surface area contributed by atoms with Crippen molar-refractivity contribution in [2.45, 2.75) is 26.4 Å². The number of ether oxygens (including phenoxy) is 1. The number of fused-ring (bicyclic) bond motifs is 1. The molecule has 2 rings (SSSR count). The maximum atomic E-state index is 12.0. The number of hydrogen-bond donors (Lipinski definition) is 1. The number of carbonyl (C=O) groups is 1. The molecule has 0 saturated carbocycles. The smallest absolute Gasteiger partial charge is 0.418 e. The van der Waals surface area contributed by atoms with Gasteiger partial charge in [0.05, 0.1) is 11.7 Å². The summed E-state index contributed by atoms with van der Waals surface area (Å²) < 4.78 is 6.78. The highest BCUT2D eigenvalue weighted by molar-refractivity contribution is 5.93. The first-order valence-electron chi connectivity index (χ1n) is 5.92. The Hall–Kier alpha value is -2.30. The van der Waals surface area contributed by atoms with E-state index in [4.69, 9.17) is 9.94 Å². The lowest BCUT2D eigenvalue weighted by Crippen LogP contribution is -2.26. The Morgan fingerprint density at radius 3 is 2.74 bits per heavy atom. The van der Waals surface area contributed by atoms with Crippen LogP contribution in [0, 0.1) is 0 Å². The van der Waals surface area contributed by atoms with Crippen LogP contribution in [0.2, 0.25) is 0 Å². The molecule has 0 aliphatic heterocycles. The molecule has 1 heterocycles. The Kier molecular flexibility index (Phi) is 3.29. The van der Waals surface area contributed by atoms with Gasteiger partial charge in [0, 0.05) is 11.6 Å². The maximum absolute atomic E-state index is 12.0. The second-order valence-electron chi connectivity index (χ2n) is 5.23. The second-order valence-corrected chi connectivity index (χ2v) is 5.23. The lowest BCUT2D eigenvalue weighted by Gasteiger charge is -2.19. The molecule has 0 atom stereocenters. The molecule has 1 aromatic carbocycles. The van der Waals surface area contributed by atoms with Crippen LogP contribution < -0.4 is 0 Å². The number of carbonyl (C=O) groups excluding carboxylic acids is 1. The number of rotatable bonds is 1. The monoisotopic (exact) mass is 260 g/mol. The average molecular weight is 260 g/mol. The Balaban J connectivity index is 2.38. The zero-order chi connectivity index (χ0) is 14.0. The highest BCUT2D eigenvalue weighted by Crippen LogP contribution is 2.19. The van der Waals surface area contributed by atoms with Gasteiger partial charge < -0.3 is 9.94 Å². The van der Waals surface area contributed by atoms with Crippen LogP contribution in [0.25, 0.3) is 10.9 Å². The molecule has 1 aromatic heterocycles. The lowest BCUT2D eigenvalue weighted by molar-refractivity contribution is 0.0544. The summed E-state index contributed by atoms with van der Waals surface area (Å²) in [5.41, 5.74) is 0.984. The predicted molar refractivity (Wildman–Crippen MR) is 73.0 cm³/mol. The van der Waals surface area contributed by atoms with E-state index in [2.05, 4.69) is 5.16 Å². The van der Waals surface area contributed by atoms with Gasteiger partial charge in [-0.2, -0.15) is 0 Å². The van der Waals surface area contributed by atoms with Gasteiger partial charge in [0.25, 0.3) is 0 Å². The zero-order valence-corrected chi connectivity index (χ0v) is 11.1. The maximum Gasteiger partial charge on any atom is 0.418 e. The number of aromatic nitrogens is 1. The van der Waals surface area contributed by atoms with Crippen LogP contribution in [-0.4, -0.2) is 27.7 Å². The van der Waals surface area contributed by atoms with E-state index in [9.17, 15) is 4.79 Å². The molecule has 0 amide bonds. The van der Waals surface area contributed by atoms with Crippen LogP contribution in [-0.2, 0) is 4.74 Å². The molecule has 5 heteroatoms. The van der Waals surface area contributed by atoms with Gasteiger partial charge in [-0.15, -0.1) is 0 Å². The predicted octanol–water partition coefficient (Wildman–Crippen LogP) is 3.23. The van der Waals surface area contributed by atoms with Crippen LogP contribution in [0.1, 0.15) is 26.3 Å². The molecule has 2 aromatic rings. The molecule has 0 unspecified atom stereocenters. The van der Waals surface area contributed by atoms with E-state index in [0.717, 1.165) is 16.5 Å². The number of nitrogens with zero attached hydrogens (tertiary/aromatic N) is 2.